The number of benzene rings is 2. The monoisotopic (exact) mass is 272 g/mol. The predicted molar refractivity (Wildman–Crippen MR) is 83.6 cm³/mol. The fourth-order valence-electron chi connectivity index (χ4n) is 2.14. The van der Waals surface area contributed by atoms with E-state index in [2.05, 4.69) is 6.58 Å². The van der Waals surface area contributed by atoms with E-state index in [4.69, 9.17) is 11.5 Å². The summed E-state index contributed by atoms with van der Waals surface area (Å²) in [6, 6.07) is 14.4. The van der Waals surface area contributed by atoms with E-state index in [9.17, 15) is 4.57 Å². The number of hydrogen-bond donors (Lipinski definition) is 2. The van der Waals surface area contributed by atoms with Gasteiger partial charge in [-0.1, -0.05) is 30.3 Å². The highest BCUT2D eigenvalue weighted by molar-refractivity contribution is 7.79. The van der Waals surface area contributed by atoms with Crippen molar-refractivity contribution in [2.24, 2.45) is 0 Å². The van der Waals surface area contributed by atoms with Gasteiger partial charge in [-0.25, -0.2) is 0 Å². The first kappa shape index (κ1) is 13.4. The van der Waals surface area contributed by atoms with Crippen molar-refractivity contribution in [3.8, 4) is 0 Å². The highest BCUT2D eigenvalue weighted by atomic mass is 31.2. The molecule has 0 saturated carbocycles. The largest absolute Gasteiger partial charge is 0.398 e. The molecule has 3 nitrogen and oxygen atoms in total. The van der Waals surface area contributed by atoms with Gasteiger partial charge in [-0.05, 0) is 24.3 Å². The van der Waals surface area contributed by atoms with Crippen molar-refractivity contribution < 1.29 is 4.57 Å². The molecule has 0 heterocycles. The van der Waals surface area contributed by atoms with Gasteiger partial charge < -0.3 is 16.0 Å². The second kappa shape index (κ2) is 5.33. The number of allylic oxidation sites excluding steroid dienone is 1. The van der Waals surface area contributed by atoms with Crippen molar-refractivity contribution in [1.29, 1.82) is 0 Å². The van der Waals surface area contributed by atoms with Crippen LogP contribution in [0, 0.1) is 0 Å². The Balaban J connectivity index is 2.69. The maximum Gasteiger partial charge on any atom is 0.150 e. The molecule has 0 spiro atoms. The Morgan fingerprint density at radius 2 is 1.37 bits per heavy atom. The van der Waals surface area contributed by atoms with Crippen molar-refractivity contribution in [1.82, 2.24) is 0 Å². The van der Waals surface area contributed by atoms with Gasteiger partial charge in [0.2, 0.25) is 0 Å². The zero-order valence-corrected chi connectivity index (χ0v) is 11.5. The Morgan fingerprint density at radius 3 is 1.74 bits per heavy atom. The zero-order chi connectivity index (χ0) is 13.9. The van der Waals surface area contributed by atoms with E-state index in [1.165, 1.54) is 0 Å². The van der Waals surface area contributed by atoms with Gasteiger partial charge in [0.1, 0.15) is 0 Å². The number of para-hydroxylation sites is 2. The van der Waals surface area contributed by atoms with Crippen molar-refractivity contribution in [3.63, 3.8) is 0 Å². The van der Waals surface area contributed by atoms with E-state index < -0.39 is 7.14 Å². The Kier molecular flexibility index (Phi) is 3.77. The van der Waals surface area contributed by atoms with Gasteiger partial charge in [0.05, 0.1) is 0 Å². The predicted octanol–water partition coefficient (Wildman–Crippen LogP) is 2.35. The molecule has 0 atom stereocenters. The van der Waals surface area contributed by atoms with Crippen molar-refractivity contribution in [3.05, 3.63) is 61.2 Å². The van der Waals surface area contributed by atoms with Crippen molar-refractivity contribution >= 4 is 29.1 Å². The molecule has 0 radical (unpaired) electrons. The summed E-state index contributed by atoms with van der Waals surface area (Å²) in [4.78, 5) is 0. The molecule has 0 aliphatic rings. The molecule has 0 amide bonds. The number of nitrogens with two attached hydrogens (primary N) is 2. The average molecular weight is 272 g/mol. The molecule has 2 aromatic carbocycles. The molecule has 19 heavy (non-hydrogen) atoms. The second-order valence-corrected chi connectivity index (χ2v) is 7.14. The lowest BCUT2D eigenvalue weighted by atomic mass is 10.3. The van der Waals surface area contributed by atoms with E-state index in [1.807, 2.05) is 24.3 Å². The van der Waals surface area contributed by atoms with E-state index in [0.717, 1.165) is 0 Å². The minimum absolute atomic E-state index is 0.343. The van der Waals surface area contributed by atoms with Crippen LogP contribution in [0.3, 0.4) is 0 Å². The van der Waals surface area contributed by atoms with Gasteiger partial charge >= 0.3 is 0 Å². The molecule has 0 saturated heterocycles. The van der Waals surface area contributed by atoms with Crippen LogP contribution in [0.1, 0.15) is 0 Å². The molecule has 0 bridgehead atoms. The Hall–Kier alpha value is -1.99. The van der Waals surface area contributed by atoms with Crippen LogP contribution in [0.15, 0.2) is 61.2 Å². The molecule has 4 heteroatoms. The zero-order valence-electron chi connectivity index (χ0n) is 10.6. The number of rotatable bonds is 4. The highest BCUT2D eigenvalue weighted by Gasteiger charge is 2.29. The molecule has 0 unspecified atom stereocenters. The van der Waals surface area contributed by atoms with Gasteiger partial charge in [0.15, 0.2) is 7.14 Å². The molecule has 4 N–H and O–H groups in total. The summed E-state index contributed by atoms with van der Waals surface area (Å²) >= 11 is 0. The van der Waals surface area contributed by atoms with Gasteiger partial charge in [0.25, 0.3) is 0 Å². The molecule has 0 aromatic heterocycles. The topological polar surface area (TPSA) is 69.1 Å². The number of anilines is 2. The minimum Gasteiger partial charge on any atom is -0.398 e. The minimum atomic E-state index is -2.87. The second-order valence-electron chi connectivity index (χ2n) is 4.33. The fourth-order valence-corrected chi connectivity index (χ4v) is 4.79. The standard InChI is InChI=1S/C15H17N2OP/c1-2-11-19(18,14-9-5-3-7-12(14)16)15-10-6-4-8-13(15)17/h2-10H,1,11,16-17H2. The maximum atomic E-state index is 13.4. The number of nitrogen functional groups attached to an aromatic ring is 2. The lowest BCUT2D eigenvalue weighted by molar-refractivity contribution is 0.589. The third-order valence-corrected chi connectivity index (χ3v) is 6.18. The average Bonchev–Trinajstić information content (AvgIpc) is 2.39. The van der Waals surface area contributed by atoms with Crippen LogP contribution < -0.4 is 22.1 Å². The first-order valence-electron chi connectivity index (χ1n) is 5.99. The van der Waals surface area contributed by atoms with E-state index in [0.29, 0.717) is 28.1 Å². The molecule has 0 aliphatic heterocycles. The smallest absolute Gasteiger partial charge is 0.150 e. The fraction of sp³-hybridized carbons (Fsp3) is 0.0667. The van der Waals surface area contributed by atoms with Crippen molar-refractivity contribution in [2.45, 2.75) is 0 Å². The summed E-state index contributed by atoms with van der Waals surface area (Å²) in [5.41, 5.74) is 13.0. The molecule has 0 fully saturated rings. The van der Waals surface area contributed by atoms with Crippen LogP contribution in [0.5, 0.6) is 0 Å². The third kappa shape index (κ3) is 2.42. The molecule has 2 aromatic rings. The van der Waals surface area contributed by atoms with E-state index in [1.54, 1.807) is 30.3 Å². The van der Waals surface area contributed by atoms with E-state index >= 15 is 0 Å². The summed E-state index contributed by atoms with van der Waals surface area (Å²) in [7, 11) is -2.87. The van der Waals surface area contributed by atoms with Crippen LogP contribution in [0.25, 0.3) is 0 Å². The van der Waals surface area contributed by atoms with Gasteiger partial charge in [-0.3, -0.25) is 0 Å². The Labute approximate surface area is 113 Å². The molecular weight excluding hydrogens is 255 g/mol. The first-order chi connectivity index (χ1) is 9.09. The van der Waals surface area contributed by atoms with Crippen LogP contribution in [-0.2, 0) is 4.57 Å². The Morgan fingerprint density at radius 1 is 0.947 bits per heavy atom. The van der Waals surface area contributed by atoms with Crippen molar-refractivity contribution in [2.75, 3.05) is 17.6 Å². The summed E-state index contributed by atoms with van der Waals surface area (Å²) in [6.07, 6.45) is 2.00. The van der Waals surface area contributed by atoms with Gasteiger partial charge in [-0.15, -0.1) is 6.58 Å². The van der Waals surface area contributed by atoms with Crippen LogP contribution in [0.2, 0.25) is 0 Å². The summed E-state index contributed by atoms with van der Waals surface area (Å²) in [5.74, 6) is 0. The Bertz CT molecular complexity index is 603. The summed E-state index contributed by atoms with van der Waals surface area (Å²) in [6.45, 7) is 3.70. The summed E-state index contributed by atoms with van der Waals surface area (Å²) in [5, 5.41) is 1.29. The highest BCUT2D eigenvalue weighted by Crippen LogP contribution is 2.46. The third-order valence-electron chi connectivity index (χ3n) is 3.04. The van der Waals surface area contributed by atoms with Crippen LogP contribution >= 0.6 is 7.14 Å². The van der Waals surface area contributed by atoms with Crippen LogP contribution in [-0.4, -0.2) is 6.16 Å². The van der Waals surface area contributed by atoms with Gasteiger partial charge in [-0.2, -0.15) is 0 Å². The van der Waals surface area contributed by atoms with Gasteiger partial charge in [0, 0.05) is 28.1 Å². The first-order valence-corrected chi connectivity index (χ1v) is 7.89. The SMILES string of the molecule is C=CCP(=O)(c1ccccc1N)c1ccccc1N. The molecule has 98 valence electrons. The quantitative estimate of drug-likeness (QED) is 0.510. The molecule has 2 rings (SSSR count). The number of hydrogen-bond acceptors (Lipinski definition) is 3. The lowest BCUT2D eigenvalue weighted by Crippen LogP contribution is -2.22. The molecule has 0 aliphatic carbocycles. The summed E-state index contributed by atoms with van der Waals surface area (Å²) < 4.78 is 13.4. The maximum absolute atomic E-state index is 13.4. The van der Waals surface area contributed by atoms with Crippen LogP contribution in [0.4, 0.5) is 11.4 Å². The molecular formula is C15H17N2OP. The van der Waals surface area contributed by atoms with E-state index in [-0.39, 0.29) is 0 Å². The normalized spacial score (nSPS) is 11.2. The lowest BCUT2D eigenvalue weighted by Gasteiger charge is -2.20.